The molecule has 0 aliphatic carbocycles. The monoisotopic (exact) mass is 380 g/mol. The second-order valence-electron chi connectivity index (χ2n) is 5.68. The van der Waals surface area contributed by atoms with Crippen molar-refractivity contribution in [2.75, 3.05) is 13.7 Å². The number of methoxy groups -OCH3 is 1. The number of carbonyl (C=O) groups is 1. The molecule has 27 heavy (non-hydrogen) atoms. The van der Waals surface area contributed by atoms with E-state index in [1.165, 1.54) is 11.8 Å². The van der Waals surface area contributed by atoms with Gasteiger partial charge in [0.05, 0.1) is 25.1 Å². The molecule has 1 heterocycles. The van der Waals surface area contributed by atoms with Crippen LogP contribution in [0.2, 0.25) is 0 Å². The lowest BCUT2D eigenvalue weighted by Crippen LogP contribution is -2.12. The van der Waals surface area contributed by atoms with E-state index in [1.807, 2.05) is 54.6 Å². The predicted octanol–water partition coefficient (Wildman–Crippen LogP) is 4.79. The SMILES string of the molecule is CCOC(=O)c1c(C)nc(Sc2ccccc2)nc1-c1ccc(OC)cc1. The molecule has 0 spiro atoms. The van der Waals surface area contributed by atoms with Gasteiger partial charge in [0.15, 0.2) is 5.16 Å². The summed E-state index contributed by atoms with van der Waals surface area (Å²) in [5.74, 6) is 0.318. The molecule has 0 saturated carbocycles. The molecule has 5 nitrogen and oxygen atoms in total. The third-order valence-electron chi connectivity index (χ3n) is 3.86. The highest BCUT2D eigenvalue weighted by Gasteiger charge is 2.21. The van der Waals surface area contributed by atoms with Crippen LogP contribution in [0.25, 0.3) is 11.3 Å². The first-order chi connectivity index (χ1) is 13.1. The van der Waals surface area contributed by atoms with E-state index in [2.05, 4.69) is 9.97 Å². The van der Waals surface area contributed by atoms with Gasteiger partial charge >= 0.3 is 5.97 Å². The average Bonchev–Trinajstić information content (AvgIpc) is 2.68. The second kappa shape index (κ2) is 8.68. The maximum absolute atomic E-state index is 12.5. The maximum atomic E-state index is 12.5. The van der Waals surface area contributed by atoms with Crippen molar-refractivity contribution in [1.29, 1.82) is 0 Å². The van der Waals surface area contributed by atoms with Crippen molar-refractivity contribution in [2.24, 2.45) is 0 Å². The van der Waals surface area contributed by atoms with Crippen LogP contribution < -0.4 is 4.74 Å². The summed E-state index contributed by atoms with van der Waals surface area (Å²) < 4.78 is 10.4. The van der Waals surface area contributed by atoms with Gasteiger partial charge in [0.25, 0.3) is 0 Å². The normalized spacial score (nSPS) is 10.5. The fourth-order valence-corrected chi connectivity index (χ4v) is 3.42. The van der Waals surface area contributed by atoms with Crippen molar-refractivity contribution in [3.63, 3.8) is 0 Å². The van der Waals surface area contributed by atoms with Crippen LogP contribution in [0.15, 0.2) is 64.6 Å². The molecule has 138 valence electrons. The lowest BCUT2D eigenvalue weighted by Gasteiger charge is -2.13. The molecule has 0 amide bonds. The van der Waals surface area contributed by atoms with Gasteiger partial charge in [0, 0.05) is 10.5 Å². The van der Waals surface area contributed by atoms with Gasteiger partial charge in [-0.3, -0.25) is 0 Å². The molecule has 1 aromatic heterocycles. The first kappa shape index (κ1) is 18.9. The Morgan fingerprint density at radius 1 is 1.04 bits per heavy atom. The minimum atomic E-state index is -0.419. The zero-order chi connectivity index (χ0) is 19.2. The van der Waals surface area contributed by atoms with E-state index in [-0.39, 0.29) is 0 Å². The van der Waals surface area contributed by atoms with Crippen LogP contribution in [0.1, 0.15) is 23.0 Å². The summed E-state index contributed by atoms with van der Waals surface area (Å²) in [5, 5.41) is 0.581. The molecule has 0 bridgehead atoms. The van der Waals surface area contributed by atoms with E-state index >= 15 is 0 Å². The number of carbonyl (C=O) groups excluding carboxylic acids is 1. The predicted molar refractivity (Wildman–Crippen MR) is 105 cm³/mol. The smallest absolute Gasteiger partial charge is 0.342 e. The van der Waals surface area contributed by atoms with E-state index in [0.29, 0.717) is 28.7 Å². The number of aromatic nitrogens is 2. The minimum absolute atomic E-state index is 0.293. The number of hydrogen-bond donors (Lipinski definition) is 0. The molecule has 3 aromatic rings. The topological polar surface area (TPSA) is 61.3 Å². The van der Waals surface area contributed by atoms with E-state index in [9.17, 15) is 4.79 Å². The Morgan fingerprint density at radius 3 is 2.37 bits per heavy atom. The number of aryl methyl sites for hydroxylation is 1. The quantitative estimate of drug-likeness (QED) is 0.453. The molecule has 0 atom stereocenters. The number of benzene rings is 2. The summed E-state index contributed by atoms with van der Waals surface area (Å²) in [4.78, 5) is 22.7. The number of ether oxygens (including phenoxy) is 2. The van der Waals surface area contributed by atoms with E-state index in [4.69, 9.17) is 9.47 Å². The Kier molecular flexibility index (Phi) is 6.08. The molecule has 3 rings (SSSR count). The van der Waals surface area contributed by atoms with E-state index in [1.54, 1.807) is 21.0 Å². The molecule has 0 aliphatic heterocycles. The maximum Gasteiger partial charge on any atom is 0.342 e. The highest BCUT2D eigenvalue weighted by Crippen LogP contribution is 2.31. The van der Waals surface area contributed by atoms with Gasteiger partial charge in [-0.2, -0.15) is 0 Å². The number of nitrogens with zero attached hydrogens (tertiary/aromatic N) is 2. The first-order valence-corrected chi connectivity index (χ1v) is 9.37. The van der Waals surface area contributed by atoms with Crippen LogP contribution in [0, 0.1) is 6.92 Å². The molecule has 6 heteroatoms. The minimum Gasteiger partial charge on any atom is -0.497 e. The third-order valence-corrected chi connectivity index (χ3v) is 4.74. The number of rotatable bonds is 6. The zero-order valence-corrected chi connectivity index (χ0v) is 16.2. The summed E-state index contributed by atoms with van der Waals surface area (Å²) in [5.41, 5.74) is 2.34. The van der Waals surface area contributed by atoms with Crippen molar-refractivity contribution in [3.05, 3.63) is 65.9 Å². The van der Waals surface area contributed by atoms with Gasteiger partial charge in [0.2, 0.25) is 0 Å². The summed E-state index contributed by atoms with van der Waals surface area (Å²) in [6.07, 6.45) is 0. The van der Waals surface area contributed by atoms with Crippen molar-refractivity contribution in [1.82, 2.24) is 9.97 Å². The zero-order valence-electron chi connectivity index (χ0n) is 15.4. The van der Waals surface area contributed by atoms with Crippen molar-refractivity contribution in [2.45, 2.75) is 23.9 Å². The van der Waals surface area contributed by atoms with Crippen LogP contribution in [0.3, 0.4) is 0 Å². The van der Waals surface area contributed by atoms with Gasteiger partial charge in [-0.1, -0.05) is 18.2 Å². The summed E-state index contributed by atoms with van der Waals surface area (Å²) in [6.45, 7) is 3.87. The highest BCUT2D eigenvalue weighted by atomic mass is 32.2. The first-order valence-electron chi connectivity index (χ1n) is 8.55. The Balaban J connectivity index is 2.08. The molecular formula is C21H20N2O3S. The second-order valence-corrected chi connectivity index (χ2v) is 6.72. The fourth-order valence-electron chi connectivity index (χ4n) is 2.59. The summed E-state index contributed by atoms with van der Waals surface area (Å²) >= 11 is 1.45. The van der Waals surface area contributed by atoms with Crippen LogP contribution >= 0.6 is 11.8 Å². The molecule has 0 fully saturated rings. The molecule has 0 saturated heterocycles. The fraction of sp³-hybridized carbons (Fsp3) is 0.190. The number of esters is 1. The molecule has 0 aliphatic rings. The Morgan fingerprint density at radius 2 is 1.74 bits per heavy atom. The van der Waals surface area contributed by atoms with Crippen molar-refractivity contribution < 1.29 is 14.3 Å². The van der Waals surface area contributed by atoms with Gasteiger partial charge in [-0.15, -0.1) is 0 Å². The Labute approximate surface area is 162 Å². The average molecular weight is 380 g/mol. The number of hydrogen-bond acceptors (Lipinski definition) is 6. The third kappa shape index (κ3) is 4.46. The Hall–Kier alpha value is -2.86. The molecular weight excluding hydrogens is 360 g/mol. The van der Waals surface area contributed by atoms with Gasteiger partial charge in [-0.05, 0) is 62.0 Å². The van der Waals surface area contributed by atoms with Gasteiger partial charge in [-0.25, -0.2) is 14.8 Å². The van der Waals surface area contributed by atoms with Crippen LogP contribution in [0.4, 0.5) is 0 Å². The van der Waals surface area contributed by atoms with E-state index in [0.717, 1.165) is 16.2 Å². The Bertz CT molecular complexity index is 928. The molecule has 0 radical (unpaired) electrons. The van der Waals surface area contributed by atoms with Crippen LogP contribution in [-0.2, 0) is 4.74 Å². The van der Waals surface area contributed by atoms with Gasteiger partial charge < -0.3 is 9.47 Å². The molecule has 0 unspecified atom stereocenters. The van der Waals surface area contributed by atoms with Crippen molar-refractivity contribution >= 4 is 17.7 Å². The molecule has 2 aromatic carbocycles. The van der Waals surface area contributed by atoms with Crippen LogP contribution in [-0.4, -0.2) is 29.7 Å². The standard InChI is InChI=1S/C21H20N2O3S/c1-4-26-20(24)18-14(2)22-21(27-17-8-6-5-7-9-17)23-19(18)15-10-12-16(25-3)13-11-15/h5-13H,4H2,1-3H3. The summed E-state index contributed by atoms with van der Waals surface area (Å²) in [7, 11) is 1.61. The van der Waals surface area contributed by atoms with E-state index < -0.39 is 5.97 Å². The van der Waals surface area contributed by atoms with Crippen molar-refractivity contribution in [3.8, 4) is 17.0 Å². The summed E-state index contributed by atoms with van der Waals surface area (Å²) in [6, 6.07) is 17.3. The lowest BCUT2D eigenvalue weighted by molar-refractivity contribution is 0.0525. The molecule has 0 N–H and O–H groups in total. The highest BCUT2D eigenvalue weighted by molar-refractivity contribution is 7.99. The largest absolute Gasteiger partial charge is 0.497 e. The lowest BCUT2D eigenvalue weighted by atomic mass is 10.0. The van der Waals surface area contributed by atoms with Gasteiger partial charge in [0.1, 0.15) is 11.3 Å². The van der Waals surface area contributed by atoms with Crippen LogP contribution in [0.5, 0.6) is 5.75 Å².